The third-order valence-corrected chi connectivity index (χ3v) is 6.32. The van der Waals surface area contributed by atoms with Crippen LogP contribution in [0.4, 0.5) is 10.2 Å². The Balaban J connectivity index is 1.58. The highest BCUT2D eigenvalue weighted by molar-refractivity contribution is 7.89. The molecule has 0 spiro atoms. The van der Waals surface area contributed by atoms with Crippen LogP contribution in [-0.4, -0.2) is 56.5 Å². The van der Waals surface area contributed by atoms with E-state index >= 15 is 0 Å². The number of hydrogen-bond acceptors (Lipinski definition) is 5. The molecular weight excluding hydrogens is 375 g/mol. The van der Waals surface area contributed by atoms with Crippen molar-refractivity contribution in [2.45, 2.75) is 18.2 Å². The van der Waals surface area contributed by atoms with Gasteiger partial charge in [-0.3, -0.25) is 4.79 Å². The lowest BCUT2D eigenvalue weighted by molar-refractivity contribution is -0.889. The third kappa shape index (κ3) is 4.90. The van der Waals surface area contributed by atoms with Gasteiger partial charge in [-0.1, -0.05) is 5.16 Å². The minimum absolute atomic E-state index is 0.0755. The molecule has 27 heavy (non-hydrogen) atoms. The van der Waals surface area contributed by atoms with Crippen LogP contribution < -0.4 is 10.2 Å². The molecule has 0 aliphatic carbocycles. The van der Waals surface area contributed by atoms with Gasteiger partial charge in [0.1, 0.15) is 11.6 Å². The first-order valence-electron chi connectivity index (χ1n) is 8.67. The lowest BCUT2D eigenvalue weighted by atomic mass is 10.4. The number of aryl methyl sites for hydroxylation is 1. The summed E-state index contributed by atoms with van der Waals surface area (Å²) in [6.07, 6.45) is 0.631. The lowest BCUT2D eigenvalue weighted by Gasteiger charge is -2.19. The number of hydrogen-bond donors (Lipinski definition) is 2. The number of anilines is 1. The first-order valence-corrected chi connectivity index (χ1v) is 10.1. The summed E-state index contributed by atoms with van der Waals surface area (Å²) in [5.74, 6) is 0.295. The molecule has 8 nitrogen and oxygen atoms in total. The van der Waals surface area contributed by atoms with Crippen LogP contribution in [0.15, 0.2) is 39.8 Å². The number of quaternary nitrogens is 1. The van der Waals surface area contributed by atoms with E-state index in [1.165, 1.54) is 16.4 Å². The van der Waals surface area contributed by atoms with Gasteiger partial charge in [-0.2, -0.15) is 4.31 Å². The van der Waals surface area contributed by atoms with Crippen LogP contribution in [0.25, 0.3) is 0 Å². The number of sulfonamides is 1. The summed E-state index contributed by atoms with van der Waals surface area (Å²) in [6, 6.07) is 6.45. The van der Waals surface area contributed by atoms with E-state index in [0.717, 1.165) is 17.0 Å². The molecule has 1 fully saturated rings. The van der Waals surface area contributed by atoms with E-state index in [4.69, 9.17) is 4.52 Å². The Hall–Kier alpha value is -2.30. The van der Waals surface area contributed by atoms with E-state index in [2.05, 4.69) is 10.5 Å². The minimum atomic E-state index is -3.67. The molecule has 0 radical (unpaired) electrons. The molecule has 0 bridgehead atoms. The van der Waals surface area contributed by atoms with E-state index in [9.17, 15) is 17.6 Å². The number of carbonyl (C=O) groups is 1. The molecule has 10 heteroatoms. The van der Waals surface area contributed by atoms with Crippen LogP contribution >= 0.6 is 0 Å². The summed E-state index contributed by atoms with van der Waals surface area (Å²) in [4.78, 5) is 13.2. The van der Waals surface area contributed by atoms with Crippen LogP contribution in [0.3, 0.4) is 0 Å². The number of nitrogens with one attached hydrogen (secondary N) is 2. The van der Waals surface area contributed by atoms with E-state index in [-0.39, 0.29) is 17.3 Å². The Morgan fingerprint density at radius 3 is 2.70 bits per heavy atom. The number of rotatable bonds is 5. The van der Waals surface area contributed by atoms with Crippen LogP contribution in [-0.2, 0) is 14.8 Å². The molecule has 1 aliphatic rings. The van der Waals surface area contributed by atoms with E-state index in [0.29, 0.717) is 44.2 Å². The molecule has 1 aliphatic heterocycles. The standard InChI is InChI=1S/C17H21FN4O4S/c1-13-11-16(20-26-13)19-17(23)12-21-7-2-8-22(10-9-21)27(24,25)15-5-3-14(18)4-6-15/h3-6,11H,2,7-10,12H2,1H3,(H,19,20,23)/p+1. The van der Waals surface area contributed by atoms with Crippen LogP contribution in [0.2, 0.25) is 0 Å². The lowest BCUT2D eigenvalue weighted by Crippen LogP contribution is -3.13. The second-order valence-corrected chi connectivity index (χ2v) is 8.45. The Labute approximate surface area is 157 Å². The average Bonchev–Trinajstić information content (AvgIpc) is 2.88. The summed E-state index contributed by atoms with van der Waals surface area (Å²) in [5, 5.41) is 6.39. The van der Waals surface area contributed by atoms with Gasteiger partial charge in [0, 0.05) is 19.0 Å². The number of carbonyl (C=O) groups excluding carboxylic acids is 1. The number of halogens is 1. The van der Waals surface area contributed by atoms with E-state index < -0.39 is 15.8 Å². The monoisotopic (exact) mass is 397 g/mol. The molecule has 146 valence electrons. The maximum absolute atomic E-state index is 13.1. The second-order valence-electron chi connectivity index (χ2n) is 6.51. The molecule has 2 heterocycles. The molecule has 1 unspecified atom stereocenters. The SMILES string of the molecule is Cc1cc(NC(=O)C[NH+]2CCCN(S(=O)(=O)c3ccc(F)cc3)CC2)no1. The van der Waals surface area contributed by atoms with Crippen LogP contribution in [0, 0.1) is 12.7 Å². The maximum Gasteiger partial charge on any atom is 0.280 e. The van der Waals surface area contributed by atoms with Crippen molar-refractivity contribution in [3.63, 3.8) is 0 Å². The highest BCUT2D eigenvalue weighted by atomic mass is 32.2. The molecule has 1 saturated heterocycles. The summed E-state index contributed by atoms with van der Waals surface area (Å²) in [5.41, 5.74) is 0. The van der Waals surface area contributed by atoms with Gasteiger partial charge in [0.05, 0.1) is 24.5 Å². The van der Waals surface area contributed by atoms with Gasteiger partial charge in [-0.15, -0.1) is 0 Å². The van der Waals surface area contributed by atoms with Crippen LogP contribution in [0.1, 0.15) is 12.2 Å². The number of amides is 1. The average molecular weight is 397 g/mol. The van der Waals surface area contributed by atoms with Gasteiger partial charge in [0.2, 0.25) is 10.0 Å². The molecule has 2 aromatic rings. The Kier molecular flexibility index (Phi) is 5.88. The number of benzene rings is 1. The normalized spacial score (nSPS) is 18.8. The zero-order chi connectivity index (χ0) is 19.4. The number of aromatic nitrogens is 1. The van der Waals surface area contributed by atoms with Crippen molar-refractivity contribution in [3.05, 3.63) is 41.9 Å². The molecule has 2 N–H and O–H groups in total. The van der Waals surface area contributed by atoms with Crippen molar-refractivity contribution in [1.82, 2.24) is 9.46 Å². The predicted molar refractivity (Wildman–Crippen MR) is 95.2 cm³/mol. The first-order chi connectivity index (χ1) is 12.8. The van der Waals surface area contributed by atoms with Gasteiger partial charge in [-0.05, 0) is 31.2 Å². The van der Waals surface area contributed by atoms with Gasteiger partial charge in [0.25, 0.3) is 5.91 Å². The van der Waals surface area contributed by atoms with Crippen molar-refractivity contribution in [3.8, 4) is 0 Å². The Morgan fingerprint density at radius 2 is 2.04 bits per heavy atom. The van der Waals surface area contributed by atoms with Crippen LogP contribution in [0.5, 0.6) is 0 Å². The maximum atomic E-state index is 13.1. The molecule has 1 aromatic carbocycles. The van der Waals surface area contributed by atoms with Gasteiger partial charge in [-0.25, -0.2) is 12.8 Å². The number of nitrogens with zero attached hydrogens (tertiary/aromatic N) is 2. The minimum Gasteiger partial charge on any atom is -0.360 e. The molecule has 1 aromatic heterocycles. The van der Waals surface area contributed by atoms with E-state index in [1.807, 2.05) is 0 Å². The van der Waals surface area contributed by atoms with Gasteiger partial charge >= 0.3 is 0 Å². The summed E-state index contributed by atoms with van der Waals surface area (Å²) in [7, 11) is -3.67. The summed E-state index contributed by atoms with van der Waals surface area (Å²) < 4.78 is 44.8. The zero-order valence-corrected chi connectivity index (χ0v) is 15.8. The van der Waals surface area contributed by atoms with Gasteiger partial charge < -0.3 is 14.7 Å². The fraction of sp³-hybridized carbons (Fsp3) is 0.412. The predicted octanol–water partition coefficient (Wildman–Crippen LogP) is 0.0401. The quantitative estimate of drug-likeness (QED) is 0.743. The highest BCUT2D eigenvalue weighted by Gasteiger charge is 2.29. The molecule has 0 saturated carbocycles. The first kappa shape index (κ1) is 19.5. The third-order valence-electron chi connectivity index (χ3n) is 4.41. The van der Waals surface area contributed by atoms with Crippen molar-refractivity contribution in [2.24, 2.45) is 0 Å². The highest BCUT2D eigenvalue weighted by Crippen LogP contribution is 2.16. The summed E-state index contributed by atoms with van der Waals surface area (Å²) >= 11 is 0. The molecular formula is C17H22FN4O4S+. The largest absolute Gasteiger partial charge is 0.360 e. The Morgan fingerprint density at radius 1 is 1.30 bits per heavy atom. The fourth-order valence-electron chi connectivity index (χ4n) is 3.04. The smallest absolute Gasteiger partial charge is 0.280 e. The van der Waals surface area contributed by atoms with Gasteiger partial charge in [0.15, 0.2) is 12.4 Å². The van der Waals surface area contributed by atoms with Crippen molar-refractivity contribution >= 4 is 21.7 Å². The topological polar surface area (TPSA) is 97.0 Å². The second kappa shape index (κ2) is 8.15. The molecule has 3 rings (SSSR count). The van der Waals surface area contributed by atoms with Crippen molar-refractivity contribution < 1.29 is 27.0 Å². The fourth-order valence-corrected chi connectivity index (χ4v) is 4.52. The van der Waals surface area contributed by atoms with E-state index in [1.54, 1.807) is 13.0 Å². The van der Waals surface area contributed by atoms with Crippen molar-refractivity contribution in [1.29, 1.82) is 0 Å². The molecule has 1 atom stereocenters. The van der Waals surface area contributed by atoms with Crippen molar-refractivity contribution in [2.75, 3.05) is 38.0 Å². The molecule has 1 amide bonds. The zero-order valence-electron chi connectivity index (χ0n) is 14.9. The summed E-state index contributed by atoms with van der Waals surface area (Å²) in [6.45, 7) is 3.81. The Bertz CT molecular complexity index is 898.